The lowest BCUT2D eigenvalue weighted by Gasteiger charge is -2.52. The summed E-state index contributed by atoms with van der Waals surface area (Å²) in [6.45, 7) is 0.567. The van der Waals surface area contributed by atoms with Gasteiger partial charge in [0.1, 0.15) is 0 Å². The Morgan fingerprint density at radius 3 is 2.62 bits per heavy atom. The van der Waals surface area contributed by atoms with Gasteiger partial charge in [0, 0.05) is 29.1 Å². The molecule has 0 bridgehead atoms. The number of hydrogen-bond donors (Lipinski definition) is 1. The number of carbonyl (C=O) groups is 1. The van der Waals surface area contributed by atoms with Crippen molar-refractivity contribution in [3.8, 4) is 0 Å². The Morgan fingerprint density at radius 2 is 1.85 bits per heavy atom. The molecule has 4 rings (SSSR count). The Bertz CT molecular complexity index is 794. The maximum atomic E-state index is 13.1. The van der Waals surface area contributed by atoms with Gasteiger partial charge in [-0.3, -0.25) is 4.79 Å². The third-order valence-corrected chi connectivity index (χ3v) is 6.32. The molecule has 2 fully saturated rings. The van der Waals surface area contributed by atoms with Crippen molar-refractivity contribution in [3.63, 3.8) is 0 Å². The van der Waals surface area contributed by atoms with E-state index in [1.807, 2.05) is 47.4 Å². The van der Waals surface area contributed by atoms with Crippen LogP contribution in [-0.2, 0) is 5.60 Å². The van der Waals surface area contributed by atoms with Gasteiger partial charge in [-0.05, 0) is 43.0 Å². The SMILES string of the molecule is O=C(c1cccc(Cl)c1)N1CCC(O)(c2ccccc2)[C@@H]2CCCC[C@H]21. The van der Waals surface area contributed by atoms with Crippen LogP contribution in [0.2, 0.25) is 5.02 Å². The molecule has 2 aliphatic rings. The highest BCUT2D eigenvalue weighted by molar-refractivity contribution is 6.30. The number of benzene rings is 2. The Morgan fingerprint density at radius 1 is 1.08 bits per heavy atom. The molecular weight excluding hydrogens is 346 g/mol. The second-order valence-corrected chi connectivity index (χ2v) is 7.94. The van der Waals surface area contributed by atoms with E-state index in [1.54, 1.807) is 12.1 Å². The molecule has 4 heteroatoms. The maximum absolute atomic E-state index is 13.1. The van der Waals surface area contributed by atoms with Crippen molar-refractivity contribution in [1.82, 2.24) is 4.90 Å². The van der Waals surface area contributed by atoms with Crippen LogP contribution in [0.15, 0.2) is 54.6 Å². The molecule has 3 atom stereocenters. The molecular formula is C22H24ClNO2. The summed E-state index contributed by atoms with van der Waals surface area (Å²) in [6, 6.07) is 17.2. The van der Waals surface area contributed by atoms with E-state index >= 15 is 0 Å². The topological polar surface area (TPSA) is 40.5 Å². The summed E-state index contributed by atoms with van der Waals surface area (Å²) in [7, 11) is 0. The summed E-state index contributed by atoms with van der Waals surface area (Å²) in [6.07, 6.45) is 4.69. The van der Waals surface area contributed by atoms with E-state index in [4.69, 9.17) is 11.6 Å². The van der Waals surface area contributed by atoms with E-state index < -0.39 is 5.60 Å². The first kappa shape index (κ1) is 17.6. The molecule has 1 unspecified atom stereocenters. The third kappa shape index (κ3) is 3.04. The quantitative estimate of drug-likeness (QED) is 0.838. The van der Waals surface area contributed by atoms with Crippen molar-refractivity contribution in [2.24, 2.45) is 5.92 Å². The summed E-state index contributed by atoms with van der Waals surface area (Å²) in [5.74, 6) is 0.107. The fraction of sp³-hybridized carbons (Fsp3) is 0.409. The smallest absolute Gasteiger partial charge is 0.254 e. The largest absolute Gasteiger partial charge is 0.385 e. The molecule has 0 aromatic heterocycles. The van der Waals surface area contributed by atoms with Crippen LogP contribution in [0.1, 0.15) is 48.0 Å². The average molecular weight is 370 g/mol. The van der Waals surface area contributed by atoms with Crippen LogP contribution in [0.4, 0.5) is 0 Å². The number of nitrogens with zero attached hydrogens (tertiary/aromatic N) is 1. The molecule has 26 heavy (non-hydrogen) atoms. The Balaban J connectivity index is 1.66. The third-order valence-electron chi connectivity index (χ3n) is 6.08. The molecule has 0 radical (unpaired) electrons. The molecule has 1 aliphatic carbocycles. The van der Waals surface area contributed by atoms with Gasteiger partial charge in [0.15, 0.2) is 0 Å². The number of fused-ring (bicyclic) bond motifs is 1. The van der Waals surface area contributed by atoms with Crippen molar-refractivity contribution < 1.29 is 9.90 Å². The second kappa shape index (κ2) is 7.05. The highest BCUT2D eigenvalue weighted by atomic mass is 35.5. The van der Waals surface area contributed by atoms with Crippen LogP contribution < -0.4 is 0 Å². The van der Waals surface area contributed by atoms with Crippen molar-refractivity contribution in [2.75, 3.05) is 6.54 Å². The van der Waals surface area contributed by atoms with Gasteiger partial charge < -0.3 is 10.0 Å². The molecule has 1 heterocycles. The molecule has 2 aromatic carbocycles. The van der Waals surface area contributed by atoms with Gasteiger partial charge in [0.2, 0.25) is 0 Å². The monoisotopic (exact) mass is 369 g/mol. The summed E-state index contributed by atoms with van der Waals surface area (Å²) in [5, 5.41) is 12.2. The van der Waals surface area contributed by atoms with Crippen molar-refractivity contribution in [2.45, 2.75) is 43.7 Å². The first-order chi connectivity index (χ1) is 12.6. The Kier molecular flexibility index (Phi) is 4.76. The molecule has 1 saturated heterocycles. The van der Waals surface area contributed by atoms with Crippen LogP contribution >= 0.6 is 11.6 Å². The lowest BCUT2D eigenvalue weighted by molar-refractivity contribution is -0.110. The molecule has 1 saturated carbocycles. The maximum Gasteiger partial charge on any atom is 0.254 e. The van der Waals surface area contributed by atoms with Crippen LogP contribution in [-0.4, -0.2) is 28.5 Å². The van der Waals surface area contributed by atoms with Gasteiger partial charge >= 0.3 is 0 Å². The van der Waals surface area contributed by atoms with Gasteiger partial charge in [-0.1, -0.05) is 60.8 Å². The highest BCUT2D eigenvalue weighted by Gasteiger charge is 2.50. The number of aliphatic hydroxyl groups is 1. The molecule has 136 valence electrons. The van der Waals surface area contributed by atoms with Crippen molar-refractivity contribution in [1.29, 1.82) is 0 Å². The minimum atomic E-state index is -0.850. The molecule has 1 N–H and O–H groups in total. The van der Waals surface area contributed by atoms with Crippen molar-refractivity contribution in [3.05, 3.63) is 70.7 Å². The number of carbonyl (C=O) groups excluding carboxylic acids is 1. The van der Waals surface area contributed by atoms with Gasteiger partial charge in [-0.15, -0.1) is 0 Å². The molecule has 2 aromatic rings. The van der Waals surface area contributed by atoms with Crippen LogP contribution in [0.3, 0.4) is 0 Å². The van der Waals surface area contributed by atoms with Gasteiger partial charge in [-0.2, -0.15) is 0 Å². The minimum Gasteiger partial charge on any atom is -0.385 e. The molecule has 3 nitrogen and oxygen atoms in total. The first-order valence-electron chi connectivity index (χ1n) is 9.44. The van der Waals surface area contributed by atoms with E-state index in [9.17, 15) is 9.90 Å². The molecule has 1 aliphatic heterocycles. The zero-order chi connectivity index (χ0) is 18.1. The molecule has 0 spiro atoms. The number of hydrogen-bond acceptors (Lipinski definition) is 2. The van der Waals surface area contributed by atoms with E-state index in [-0.39, 0.29) is 17.9 Å². The van der Waals surface area contributed by atoms with E-state index in [1.165, 1.54) is 0 Å². The van der Waals surface area contributed by atoms with Gasteiger partial charge in [-0.25, -0.2) is 0 Å². The standard InChI is InChI=1S/C22H24ClNO2/c23-18-10-6-7-16(15-18)21(25)24-14-13-22(26,17-8-2-1-3-9-17)19-11-4-5-12-20(19)24/h1-3,6-10,15,19-20,26H,4-5,11-14H2/t19-,20-,22?/m1/s1. The predicted molar refractivity (Wildman–Crippen MR) is 103 cm³/mol. The Labute approximate surface area is 159 Å². The number of halogens is 1. The van der Waals surface area contributed by atoms with Crippen LogP contribution in [0, 0.1) is 5.92 Å². The van der Waals surface area contributed by atoms with Crippen LogP contribution in [0.25, 0.3) is 0 Å². The normalized spacial score (nSPS) is 28.5. The highest BCUT2D eigenvalue weighted by Crippen LogP contribution is 2.47. The Hall–Kier alpha value is -1.84. The zero-order valence-electron chi connectivity index (χ0n) is 14.8. The number of rotatable bonds is 2. The van der Waals surface area contributed by atoms with Gasteiger partial charge in [0.05, 0.1) is 5.60 Å². The fourth-order valence-electron chi connectivity index (χ4n) is 4.81. The van der Waals surface area contributed by atoms with E-state index in [2.05, 4.69) is 0 Å². The average Bonchev–Trinajstić information content (AvgIpc) is 2.69. The summed E-state index contributed by atoms with van der Waals surface area (Å²) in [4.78, 5) is 15.1. The predicted octanol–water partition coefficient (Wildman–Crippen LogP) is 4.63. The summed E-state index contributed by atoms with van der Waals surface area (Å²) < 4.78 is 0. The lowest BCUT2D eigenvalue weighted by Crippen LogP contribution is -2.58. The second-order valence-electron chi connectivity index (χ2n) is 7.51. The van der Waals surface area contributed by atoms with Crippen LogP contribution in [0.5, 0.6) is 0 Å². The van der Waals surface area contributed by atoms with Gasteiger partial charge in [0.25, 0.3) is 5.91 Å². The summed E-state index contributed by atoms with van der Waals surface area (Å²) in [5.41, 5.74) is 0.760. The number of likely N-dealkylation sites (tertiary alicyclic amines) is 1. The zero-order valence-corrected chi connectivity index (χ0v) is 15.5. The minimum absolute atomic E-state index is 0.0273. The van der Waals surface area contributed by atoms with E-state index in [0.717, 1.165) is 31.2 Å². The number of piperidine rings is 1. The molecule has 1 amide bonds. The summed E-state index contributed by atoms with van der Waals surface area (Å²) >= 11 is 6.08. The van der Waals surface area contributed by atoms with Crippen molar-refractivity contribution >= 4 is 17.5 Å². The first-order valence-corrected chi connectivity index (χ1v) is 9.82. The number of amides is 1. The van der Waals surface area contributed by atoms with E-state index in [0.29, 0.717) is 23.6 Å². The fourth-order valence-corrected chi connectivity index (χ4v) is 5.00. The lowest BCUT2D eigenvalue weighted by atomic mass is 9.66.